The molecule has 1 aromatic carbocycles. The van der Waals surface area contributed by atoms with E-state index in [2.05, 4.69) is 51.4 Å². The molecule has 2 aromatic heterocycles. The van der Waals surface area contributed by atoms with Gasteiger partial charge in [-0.25, -0.2) is 4.98 Å². The highest BCUT2D eigenvalue weighted by Crippen LogP contribution is 2.47. The van der Waals surface area contributed by atoms with Crippen molar-refractivity contribution in [2.45, 2.75) is 75.9 Å². The first-order valence-electron chi connectivity index (χ1n) is 12.4. The smallest absolute Gasteiger partial charge is 0.123 e. The number of hydrogen-bond acceptors (Lipinski definition) is 4. The number of thiazole rings is 1. The lowest BCUT2D eigenvalue weighted by Gasteiger charge is -2.44. The molecule has 1 atom stereocenters. The molecule has 1 aliphatic carbocycles. The fourth-order valence-corrected chi connectivity index (χ4v) is 7.45. The van der Waals surface area contributed by atoms with Crippen LogP contribution >= 0.6 is 11.3 Å². The van der Waals surface area contributed by atoms with E-state index < -0.39 is 0 Å². The van der Waals surface area contributed by atoms with E-state index in [1.54, 1.807) is 0 Å². The van der Waals surface area contributed by atoms with Gasteiger partial charge in [0.05, 0.1) is 5.54 Å². The topological polar surface area (TPSA) is 33.1 Å². The molecule has 4 heterocycles. The summed E-state index contributed by atoms with van der Waals surface area (Å²) in [4.78, 5) is 9.25. The summed E-state index contributed by atoms with van der Waals surface area (Å²) < 4.78 is 2.42. The first-order valence-corrected chi connectivity index (χ1v) is 13.2. The molecule has 3 fully saturated rings. The van der Waals surface area contributed by atoms with E-state index in [4.69, 9.17) is 4.98 Å². The van der Waals surface area contributed by atoms with Crippen LogP contribution in [-0.4, -0.2) is 40.1 Å². The van der Waals surface area contributed by atoms with Crippen LogP contribution in [0.3, 0.4) is 0 Å². The Morgan fingerprint density at radius 1 is 1.03 bits per heavy atom. The number of nitrogens with one attached hydrogen (secondary N) is 1. The summed E-state index contributed by atoms with van der Waals surface area (Å²) in [6.07, 6.45) is 16.5. The minimum Gasteiger partial charge on any atom is -0.346 e. The van der Waals surface area contributed by atoms with Crippen LogP contribution in [0.1, 0.15) is 62.7 Å². The molecule has 4 nitrogen and oxygen atoms in total. The lowest BCUT2D eigenvalue weighted by atomic mass is 9.79. The lowest BCUT2D eigenvalue weighted by molar-refractivity contribution is 0.0739. The largest absolute Gasteiger partial charge is 0.346 e. The highest BCUT2D eigenvalue weighted by atomic mass is 32.1. The van der Waals surface area contributed by atoms with Crippen molar-refractivity contribution >= 4 is 22.2 Å². The van der Waals surface area contributed by atoms with E-state index in [1.807, 2.05) is 11.3 Å². The molecule has 164 valence electrons. The Labute approximate surface area is 189 Å². The molecule has 6 rings (SSSR count). The van der Waals surface area contributed by atoms with Crippen molar-refractivity contribution in [1.82, 2.24) is 19.8 Å². The van der Waals surface area contributed by atoms with Gasteiger partial charge in [0, 0.05) is 46.3 Å². The average molecular weight is 435 g/mol. The number of hydrogen-bond donors (Lipinski definition) is 1. The van der Waals surface area contributed by atoms with Crippen LogP contribution in [0.2, 0.25) is 0 Å². The highest BCUT2D eigenvalue weighted by Gasteiger charge is 2.42. The molecule has 0 radical (unpaired) electrons. The summed E-state index contributed by atoms with van der Waals surface area (Å²) in [5.41, 5.74) is 2.87. The Morgan fingerprint density at radius 3 is 2.71 bits per heavy atom. The fourth-order valence-electron chi connectivity index (χ4n) is 6.27. The fraction of sp³-hybridized carbons (Fsp3) is 0.577. The van der Waals surface area contributed by atoms with Crippen LogP contribution < -0.4 is 5.32 Å². The van der Waals surface area contributed by atoms with Gasteiger partial charge in [-0.2, -0.15) is 0 Å². The van der Waals surface area contributed by atoms with E-state index in [0.717, 1.165) is 6.54 Å². The van der Waals surface area contributed by atoms with Gasteiger partial charge in [0.25, 0.3) is 0 Å². The summed E-state index contributed by atoms with van der Waals surface area (Å²) in [6, 6.07) is 9.83. The van der Waals surface area contributed by atoms with Crippen molar-refractivity contribution < 1.29 is 0 Å². The second kappa shape index (κ2) is 8.34. The van der Waals surface area contributed by atoms with Crippen molar-refractivity contribution in [2.75, 3.05) is 19.6 Å². The van der Waals surface area contributed by atoms with Gasteiger partial charge in [0.15, 0.2) is 0 Å². The zero-order valence-electron chi connectivity index (χ0n) is 18.5. The molecule has 0 bridgehead atoms. The van der Waals surface area contributed by atoms with E-state index in [-0.39, 0.29) is 5.54 Å². The van der Waals surface area contributed by atoms with Crippen LogP contribution in [0.5, 0.6) is 0 Å². The number of fused-ring (bicyclic) bond motifs is 1. The summed E-state index contributed by atoms with van der Waals surface area (Å²) in [5, 5.41) is 6.14. The molecule has 2 aliphatic heterocycles. The number of aromatic nitrogens is 2. The lowest BCUT2D eigenvalue weighted by Crippen LogP contribution is -2.45. The zero-order valence-corrected chi connectivity index (χ0v) is 19.3. The Morgan fingerprint density at radius 2 is 1.90 bits per heavy atom. The molecule has 5 heteroatoms. The van der Waals surface area contributed by atoms with Gasteiger partial charge >= 0.3 is 0 Å². The van der Waals surface area contributed by atoms with Gasteiger partial charge in [0.2, 0.25) is 0 Å². The number of likely N-dealkylation sites (tertiary alicyclic amines) is 1. The van der Waals surface area contributed by atoms with E-state index in [0.29, 0.717) is 6.04 Å². The normalized spacial score (nSPS) is 24.3. The maximum absolute atomic E-state index is 4.95. The molecule has 1 N–H and O–H groups in total. The average Bonchev–Trinajstić information content (AvgIpc) is 3.62. The number of benzene rings is 1. The van der Waals surface area contributed by atoms with E-state index in [1.165, 1.54) is 104 Å². The first kappa shape index (κ1) is 20.0. The quantitative estimate of drug-likeness (QED) is 0.553. The third-order valence-electron chi connectivity index (χ3n) is 7.95. The van der Waals surface area contributed by atoms with Crippen LogP contribution in [0, 0.1) is 0 Å². The molecular weight excluding hydrogens is 400 g/mol. The minimum absolute atomic E-state index is 0.256. The molecule has 31 heavy (non-hydrogen) atoms. The number of nitrogens with zero attached hydrogens (tertiary/aromatic N) is 3. The summed E-state index contributed by atoms with van der Waals surface area (Å²) >= 11 is 1.95. The van der Waals surface area contributed by atoms with Crippen LogP contribution in [0.15, 0.2) is 36.7 Å². The van der Waals surface area contributed by atoms with Crippen molar-refractivity contribution in [3.05, 3.63) is 41.5 Å². The minimum atomic E-state index is 0.256. The van der Waals surface area contributed by atoms with Gasteiger partial charge < -0.3 is 9.88 Å². The highest BCUT2D eigenvalue weighted by molar-refractivity contribution is 7.15. The maximum atomic E-state index is 4.95. The SMILES string of the molecule is c1cc2c(ccn2C[C@@H]2CCCN2)cc1-c1ncc(C2(N3CCCC3)CCCCC2)s1. The molecule has 1 saturated carbocycles. The van der Waals surface area contributed by atoms with Crippen molar-refractivity contribution in [1.29, 1.82) is 0 Å². The number of rotatable bonds is 5. The molecule has 3 aromatic rings. The Balaban J connectivity index is 1.29. The molecule has 0 amide bonds. The second-order valence-electron chi connectivity index (χ2n) is 9.85. The summed E-state index contributed by atoms with van der Waals surface area (Å²) in [5.74, 6) is 0. The van der Waals surface area contributed by atoms with E-state index in [9.17, 15) is 0 Å². The third-order valence-corrected chi connectivity index (χ3v) is 9.19. The standard InChI is InChI=1S/C26H34N4S/c1-2-11-26(12-3-1,30-14-4-5-15-30)24-18-28-25(31-24)21-8-9-23-20(17-21)10-16-29(23)19-22-7-6-13-27-22/h8-10,16-18,22,27H,1-7,11-15,19H2/t22-/m0/s1. The maximum Gasteiger partial charge on any atom is 0.123 e. The predicted molar refractivity (Wildman–Crippen MR) is 130 cm³/mol. The van der Waals surface area contributed by atoms with Crippen LogP contribution in [-0.2, 0) is 12.1 Å². The van der Waals surface area contributed by atoms with Crippen molar-refractivity contribution in [2.24, 2.45) is 0 Å². The molecule has 0 unspecified atom stereocenters. The van der Waals surface area contributed by atoms with Gasteiger partial charge in [-0.15, -0.1) is 11.3 Å². The summed E-state index contributed by atoms with van der Waals surface area (Å²) in [6.45, 7) is 4.77. The Kier molecular flexibility index (Phi) is 5.37. The molecule has 2 saturated heterocycles. The third kappa shape index (κ3) is 3.65. The second-order valence-corrected chi connectivity index (χ2v) is 10.9. The summed E-state index contributed by atoms with van der Waals surface area (Å²) in [7, 11) is 0. The van der Waals surface area contributed by atoms with Crippen molar-refractivity contribution in [3.63, 3.8) is 0 Å². The molecule has 0 spiro atoms. The predicted octanol–water partition coefficient (Wildman–Crippen LogP) is 5.77. The molecular formula is C26H34N4S. The van der Waals surface area contributed by atoms with E-state index >= 15 is 0 Å². The van der Waals surface area contributed by atoms with Gasteiger partial charge in [0.1, 0.15) is 5.01 Å². The van der Waals surface area contributed by atoms with Crippen molar-refractivity contribution in [3.8, 4) is 10.6 Å². The van der Waals surface area contributed by atoms with Gasteiger partial charge in [-0.05, 0) is 82.4 Å². The van der Waals surface area contributed by atoms with Crippen LogP contribution in [0.25, 0.3) is 21.5 Å². The van der Waals surface area contributed by atoms with Crippen LogP contribution in [0.4, 0.5) is 0 Å². The molecule has 3 aliphatic rings. The monoisotopic (exact) mass is 434 g/mol. The van der Waals surface area contributed by atoms with Gasteiger partial charge in [-0.3, -0.25) is 4.90 Å². The Bertz CT molecular complexity index is 1030. The first-order chi connectivity index (χ1) is 15.3. The van der Waals surface area contributed by atoms with Gasteiger partial charge in [-0.1, -0.05) is 19.3 Å². The Hall–Kier alpha value is -1.69. The zero-order chi connectivity index (χ0) is 20.7.